The van der Waals surface area contributed by atoms with Crippen LogP contribution >= 0.6 is 21.6 Å². The molecule has 3 unspecified atom stereocenters. The summed E-state index contributed by atoms with van der Waals surface area (Å²) >= 11 is 1.37. The van der Waals surface area contributed by atoms with Crippen LogP contribution in [0, 0.1) is 0 Å². The average Bonchev–Trinajstić information content (AvgIpc) is 3.64. The first-order chi connectivity index (χ1) is 18.3. The molecule has 2 heterocycles. The van der Waals surface area contributed by atoms with Gasteiger partial charge in [0.2, 0.25) is 5.91 Å². The Kier molecular flexibility index (Phi) is 9.00. The third kappa shape index (κ3) is 6.96. The van der Waals surface area contributed by atoms with Gasteiger partial charge in [0.15, 0.2) is 5.13 Å². The third-order valence-electron chi connectivity index (χ3n) is 7.63. The maximum absolute atomic E-state index is 14.0. The molecule has 2 aliphatic rings. The minimum Gasteiger partial charge on any atom is -0.444 e. The summed E-state index contributed by atoms with van der Waals surface area (Å²) in [5, 5.41) is 5.71. The Morgan fingerprint density at radius 1 is 1.21 bits per heavy atom. The van der Waals surface area contributed by atoms with E-state index in [2.05, 4.69) is 10.3 Å². The molecule has 2 fully saturated rings. The molecule has 0 radical (unpaired) electrons. The summed E-state index contributed by atoms with van der Waals surface area (Å²) in [6.45, 7) is 10.6. The molecule has 2 aromatic rings. The summed E-state index contributed by atoms with van der Waals surface area (Å²) in [5.41, 5.74) is -0.784. The van der Waals surface area contributed by atoms with Crippen LogP contribution in [0.3, 0.4) is 0 Å². The van der Waals surface area contributed by atoms with Crippen LogP contribution in [0.15, 0.2) is 40.7 Å². The molecule has 216 valence electrons. The highest BCUT2D eigenvalue weighted by Gasteiger charge is 2.45. The van der Waals surface area contributed by atoms with Gasteiger partial charge in [0.05, 0.1) is 24.2 Å². The largest absolute Gasteiger partial charge is 0.444 e. The van der Waals surface area contributed by atoms with Crippen LogP contribution < -0.4 is 5.32 Å². The van der Waals surface area contributed by atoms with Crippen LogP contribution in [0.4, 0.5) is 9.93 Å². The number of amides is 2. The predicted molar refractivity (Wildman–Crippen MR) is 158 cm³/mol. The summed E-state index contributed by atoms with van der Waals surface area (Å²) in [7, 11) is -1.85. The number of piperidine rings is 1. The summed E-state index contributed by atoms with van der Waals surface area (Å²) in [6, 6.07) is 7.85. The zero-order valence-electron chi connectivity index (χ0n) is 23.9. The number of anilines is 1. The van der Waals surface area contributed by atoms with Crippen molar-refractivity contribution in [1.82, 2.24) is 9.88 Å². The number of ether oxygens (including phenoxy) is 2. The lowest BCUT2D eigenvalue weighted by molar-refractivity contribution is -0.133. The molecule has 8 nitrogen and oxygen atoms in total. The molecule has 4 rings (SSSR count). The highest BCUT2D eigenvalue weighted by molar-refractivity contribution is 8.29. The lowest BCUT2D eigenvalue weighted by Gasteiger charge is -2.41. The van der Waals surface area contributed by atoms with E-state index in [-0.39, 0.29) is 18.1 Å². The van der Waals surface area contributed by atoms with Gasteiger partial charge in [0.1, 0.15) is 5.60 Å². The number of benzene rings is 1. The summed E-state index contributed by atoms with van der Waals surface area (Å²) in [6.07, 6.45) is 6.92. The highest BCUT2D eigenvalue weighted by atomic mass is 32.3. The maximum Gasteiger partial charge on any atom is 0.410 e. The SMILES string of the molecule is CCC(O[C@@H]1CCCN(C(=O)OC(C)(C)C)C1)C(C)(C(=O)Nc1nccs1)c1ccc(S(C)(O)C2CC2)cc1. The van der Waals surface area contributed by atoms with Crippen molar-refractivity contribution in [3.8, 4) is 0 Å². The lowest BCUT2D eigenvalue weighted by Crippen LogP contribution is -2.52. The Labute approximate surface area is 238 Å². The van der Waals surface area contributed by atoms with Crippen molar-refractivity contribution in [2.45, 2.75) is 100 Å². The first kappa shape index (κ1) is 29.8. The summed E-state index contributed by atoms with van der Waals surface area (Å²) in [4.78, 5) is 33.6. The van der Waals surface area contributed by atoms with E-state index in [1.807, 2.05) is 70.5 Å². The van der Waals surface area contributed by atoms with Crippen molar-refractivity contribution in [3.63, 3.8) is 0 Å². The predicted octanol–water partition coefficient (Wildman–Crippen LogP) is 6.66. The van der Waals surface area contributed by atoms with Gasteiger partial charge >= 0.3 is 6.09 Å². The number of nitrogens with zero attached hydrogens (tertiary/aromatic N) is 2. The molecular formula is C29H43N3O5S2. The van der Waals surface area contributed by atoms with Crippen molar-refractivity contribution < 1.29 is 23.6 Å². The fourth-order valence-electron chi connectivity index (χ4n) is 5.19. The van der Waals surface area contributed by atoms with Crippen molar-refractivity contribution in [1.29, 1.82) is 0 Å². The van der Waals surface area contributed by atoms with Crippen LogP contribution in [0.5, 0.6) is 0 Å². The molecular weight excluding hydrogens is 534 g/mol. The number of hydrogen-bond acceptors (Lipinski definition) is 7. The van der Waals surface area contributed by atoms with Gasteiger partial charge in [-0.25, -0.2) is 9.78 Å². The number of hydrogen-bond donors (Lipinski definition) is 2. The van der Waals surface area contributed by atoms with Gasteiger partial charge in [-0.1, -0.05) is 19.1 Å². The molecule has 1 aromatic heterocycles. The van der Waals surface area contributed by atoms with E-state index in [4.69, 9.17) is 9.47 Å². The number of aromatic nitrogens is 1. The monoisotopic (exact) mass is 577 g/mol. The molecule has 0 spiro atoms. The Morgan fingerprint density at radius 3 is 2.46 bits per heavy atom. The molecule has 0 bridgehead atoms. The van der Waals surface area contributed by atoms with E-state index in [1.165, 1.54) is 11.3 Å². The fourth-order valence-corrected chi connectivity index (χ4v) is 7.84. The topological polar surface area (TPSA) is 101 Å². The summed E-state index contributed by atoms with van der Waals surface area (Å²) in [5.74, 6) is -0.196. The molecule has 1 saturated heterocycles. The first-order valence-electron chi connectivity index (χ1n) is 13.8. The molecule has 4 atom stereocenters. The van der Waals surface area contributed by atoms with Gasteiger partial charge in [-0.05, 0) is 83.8 Å². The van der Waals surface area contributed by atoms with Gasteiger partial charge in [0.25, 0.3) is 0 Å². The number of likely N-dealkylation sites (tertiary alicyclic amines) is 1. The quantitative estimate of drug-likeness (QED) is 0.346. The number of thiazole rings is 1. The van der Waals surface area contributed by atoms with E-state index < -0.39 is 27.4 Å². The van der Waals surface area contributed by atoms with E-state index in [9.17, 15) is 14.1 Å². The van der Waals surface area contributed by atoms with Crippen LogP contribution in [0.25, 0.3) is 0 Å². The lowest BCUT2D eigenvalue weighted by atomic mass is 9.75. The number of carbonyl (C=O) groups is 2. The van der Waals surface area contributed by atoms with Gasteiger partial charge in [0, 0.05) is 28.3 Å². The number of rotatable bonds is 9. The Bertz CT molecular complexity index is 1130. The molecule has 1 aliphatic carbocycles. The van der Waals surface area contributed by atoms with Crippen LogP contribution in [-0.2, 0) is 19.7 Å². The zero-order valence-corrected chi connectivity index (χ0v) is 25.6. The highest BCUT2D eigenvalue weighted by Crippen LogP contribution is 2.61. The normalized spacial score (nSPS) is 22.7. The van der Waals surface area contributed by atoms with E-state index >= 15 is 0 Å². The minimum absolute atomic E-state index is 0.196. The van der Waals surface area contributed by atoms with Crippen molar-refractivity contribution in [3.05, 3.63) is 41.4 Å². The third-order valence-corrected chi connectivity index (χ3v) is 11.3. The second-order valence-electron chi connectivity index (χ2n) is 11.9. The Balaban J connectivity index is 1.59. The van der Waals surface area contributed by atoms with Crippen molar-refractivity contribution >= 4 is 38.8 Å². The molecule has 39 heavy (non-hydrogen) atoms. The van der Waals surface area contributed by atoms with Gasteiger partial charge in [-0.15, -0.1) is 21.6 Å². The smallest absolute Gasteiger partial charge is 0.410 e. The zero-order chi connectivity index (χ0) is 28.4. The van der Waals surface area contributed by atoms with Crippen molar-refractivity contribution in [2.24, 2.45) is 0 Å². The van der Waals surface area contributed by atoms with Gasteiger partial charge in [-0.3, -0.25) is 4.79 Å². The van der Waals surface area contributed by atoms with Gasteiger partial charge < -0.3 is 24.2 Å². The minimum atomic E-state index is -1.85. The van der Waals surface area contributed by atoms with E-state index in [1.54, 1.807) is 11.1 Å². The van der Waals surface area contributed by atoms with Crippen molar-refractivity contribution in [2.75, 3.05) is 24.7 Å². The van der Waals surface area contributed by atoms with Crippen LogP contribution in [-0.4, -0.2) is 68.8 Å². The van der Waals surface area contributed by atoms with Crippen LogP contribution in [0.1, 0.15) is 72.3 Å². The molecule has 1 saturated carbocycles. The van der Waals surface area contributed by atoms with E-state index in [0.717, 1.165) is 36.1 Å². The first-order valence-corrected chi connectivity index (χ1v) is 16.7. The Morgan fingerprint density at radius 2 is 1.90 bits per heavy atom. The molecule has 1 aliphatic heterocycles. The van der Waals surface area contributed by atoms with Crippen LogP contribution in [0.2, 0.25) is 0 Å². The Hall–Kier alpha value is -2.14. The van der Waals surface area contributed by atoms with E-state index in [0.29, 0.717) is 29.9 Å². The fraction of sp³-hybridized carbons (Fsp3) is 0.621. The number of nitrogens with one attached hydrogen (secondary N) is 1. The second kappa shape index (κ2) is 11.8. The average molecular weight is 578 g/mol. The maximum atomic E-state index is 14.0. The molecule has 2 amide bonds. The van der Waals surface area contributed by atoms with Gasteiger partial charge in [-0.2, -0.15) is 0 Å². The molecule has 2 N–H and O–H groups in total. The molecule has 10 heteroatoms. The second-order valence-corrected chi connectivity index (χ2v) is 15.8. The number of carbonyl (C=O) groups excluding carboxylic acids is 2. The standard InChI is InChI=1S/C29H43N3O5S2/c1-7-24(36-21-9-8-17-32(19-21)27(34)37-28(2,3)4)29(5,25(33)31-26-30-16-18-38-26)20-10-12-22(13-11-20)39(6,35)23-14-15-23/h10-13,16,18,21,23-24,35H,7-9,14-15,17,19H2,1-6H3,(H,30,31,33)/t21-,24?,29?/m1/s1. The molecule has 1 aromatic carbocycles. The summed E-state index contributed by atoms with van der Waals surface area (Å²) < 4.78 is 23.4.